The van der Waals surface area contributed by atoms with Crippen LogP contribution in [0.3, 0.4) is 0 Å². The van der Waals surface area contributed by atoms with Gasteiger partial charge < -0.3 is 15.2 Å². The first-order chi connectivity index (χ1) is 8.25. The van der Waals surface area contributed by atoms with Crippen molar-refractivity contribution in [1.29, 1.82) is 0 Å². The van der Waals surface area contributed by atoms with E-state index in [1.807, 2.05) is 10.8 Å². The number of hydrogen-bond donors (Lipinski definition) is 2. The van der Waals surface area contributed by atoms with Crippen LogP contribution in [0.4, 0.5) is 0 Å². The van der Waals surface area contributed by atoms with Gasteiger partial charge in [-0.1, -0.05) is 0 Å². The van der Waals surface area contributed by atoms with E-state index in [0.29, 0.717) is 19.2 Å². The van der Waals surface area contributed by atoms with Gasteiger partial charge in [-0.25, -0.2) is 0 Å². The number of aliphatic carboxylic acids is 1. The van der Waals surface area contributed by atoms with Crippen LogP contribution in [-0.4, -0.2) is 40.3 Å². The second-order valence-corrected chi connectivity index (χ2v) is 4.53. The number of carbonyl (C=O) groups is 1. The molecule has 0 saturated carbocycles. The molecule has 6 nitrogen and oxygen atoms in total. The third kappa shape index (κ3) is 1.78. The molecule has 0 spiro atoms. The summed E-state index contributed by atoms with van der Waals surface area (Å²) in [6.07, 6.45) is 2.75. The van der Waals surface area contributed by atoms with E-state index < -0.39 is 5.97 Å². The molecule has 92 valence electrons. The fourth-order valence-electron chi connectivity index (χ4n) is 2.58. The van der Waals surface area contributed by atoms with Crippen LogP contribution in [0, 0.1) is 5.92 Å². The molecule has 6 heteroatoms. The number of imidazole rings is 1. The van der Waals surface area contributed by atoms with Crippen LogP contribution in [0.5, 0.6) is 6.01 Å². The van der Waals surface area contributed by atoms with E-state index in [4.69, 9.17) is 4.74 Å². The lowest BCUT2D eigenvalue weighted by molar-refractivity contribution is -0.143. The maximum Gasteiger partial charge on any atom is 0.308 e. The lowest BCUT2D eigenvalue weighted by Gasteiger charge is -2.27. The first-order valence-electron chi connectivity index (χ1n) is 5.89. The van der Waals surface area contributed by atoms with Crippen molar-refractivity contribution in [2.45, 2.75) is 18.9 Å². The van der Waals surface area contributed by atoms with Gasteiger partial charge in [-0.2, -0.15) is 4.98 Å². The minimum absolute atomic E-state index is 0.00421. The van der Waals surface area contributed by atoms with Gasteiger partial charge in [0, 0.05) is 18.7 Å². The Bertz CT molecular complexity index is 422. The second kappa shape index (κ2) is 4.03. The van der Waals surface area contributed by atoms with Crippen molar-refractivity contribution in [2.75, 3.05) is 19.7 Å². The Morgan fingerprint density at radius 1 is 1.65 bits per heavy atom. The molecular weight excluding hydrogens is 222 g/mol. The zero-order valence-corrected chi connectivity index (χ0v) is 9.43. The summed E-state index contributed by atoms with van der Waals surface area (Å²) in [6.45, 7) is 2.84. The fourth-order valence-corrected chi connectivity index (χ4v) is 2.58. The Hall–Kier alpha value is -1.56. The SMILES string of the molecule is O=C(O)C1CNCCC1c1cn2c(n1)OCC2. The normalized spacial score (nSPS) is 27.5. The van der Waals surface area contributed by atoms with E-state index in [9.17, 15) is 9.90 Å². The third-order valence-electron chi connectivity index (χ3n) is 3.50. The quantitative estimate of drug-likeness (QED) is 0.760. The standard InChI is InChI=1S/C11H15N3O3/c15-10(16)8-5-12-2-1-7(8)9-6-14-3-4-17-11(14)13-9/h6-8,12H,1-5H2,(H,15,16). The fraction of sp³-hybridized carbons (Fsp3) is 0.636. The number of piperidine rings is 1. The van der Waals surface area contributed by atoms with Crippen molar-refractivity contribution in [3.8, 4) is 6.01 Å². The van der Waals surface area contributed by atoms with Gasteiger partial charge in [0.2, 0.25) is 0 Å². The summed E-state index contributed by atoms with van der Waals surface area (Å²) in [5.41, 5.74) is 0.855. The lowest BCUT2D eigenvalue weighted by Crippen LogP contribution is -2.39. The van der Waals surface area contributed by atoms with E-state index in [1.165, 1.54) is 0 Å². The van der Waals surface area contributed by atoms with Crippen LogP contribution in [0.2, 0.25) is 0 Å². The lowest BCUT2D eigenvalue weighted by atomic mass is 9.84. The molecule has 0 bridgehead atoms. The van der Waals surface area contributed by atoms with Crippen LogP contribution in [-0.2, 0) is 11.3 Å². The molecule has 0 aromatic carbocycles. The molecule has 2 aliphatic heterocycles. The van der Waals surface area contributed by atoms with Crippen LogP contribution in [0.15, 0.2) is 6.20 Å². The van der Waals surface area contributed by atoms with Gasteiger partial charge in [-0.05, 0) is 13.0 Å². The second-order valence-electron chi connectivity index (χ2n) is 4.53. The number of aromatic nitrogens is 2. The van der Waals surface area contributed by atoms with Crippen molar-refractivity contribution < 1.29 is 14.6 Å². The van der Waals surface area contributed by atoms with Crippen LogP contribution in [0.1, 0.15) is 18.0 Å². The molecule has 1 aromatic rings. The molecular formula is C11H15N3O3. The van der Waals surface area contributed by atoms with Crippen molar-refractivity contribution in [3.05, 3.63) is 11.9 Å². The topological polar surface area (TPSA) is 76.4 Å². The molecule has 3 heterocycles. The van der Waals surface area contributed by atoms with Gasteiger partial charge in [-0.15, -0.1) is 0 Å². The summed E-state index contributed by atoms with van der Waals surface area (Å²) in [5.74, 6) is -1.15. The van der Waals surface area contributed by atoms with Gasteiger partial charge in [0.05, 0.1) is 18.2 Å². The van der Waals surface area contributed by atoms with Gasteiger partial charge >= 0.3 is 5.97 Å². The van der Waals surface area contributed by atoms with Crippen molar-refractivity contribution >= 4 is 5.97 Å². The highest BCUT2D eigenvalue weighted by molar-refractivity contribution is 5.71. The molecule has 2 N–H and O–H groups in total. The molecule has 1 saturated heterocycles. The molecule has 1 aromatic heterocycles. The molecule has 0 radical (unpaired) electrons. The number of fused-ring (bicyclic) bond motifs is 1. The van der Waals surface area contributed by atoms with Gasteiger partial charge in [0.15, 0.2) is 0 Å². The first kappa shape index (κ1) is 10.6. The third-order valence-corrected chi connectivity index (χ3v) is 3.50. The first-order valence-corrected chi connectivity index (χ1v) is 5.89. The molecule has 2 aliphatic rings. The number of hydrogen-bond acceptors (Lipinski definition) is 4. The molecule has 1 fully saturated rings. The Labute approximate surface area is 98.6 Å². The molecule has 3 rings (SSSR count). The monoisotopic (exact) mass is 237 g/mol. The highest BCUT2D eigenvalue weighted by atomic mass is 16.5. The summed E-state index contributed by atoms with van der Waals surface area (Å²) in [4.78, 5) is 15.6. The minimum Gasteiger partial charge on any atom is -0.481 e. The minimum atomic E-state index is -0.753. The zero-order chi connectivity index (χ0) is 11.8. The number of nitrogens with one attached hydrogen (secondary N) is 1. The number of nitrogens with zero attached hydrogens (tertiary/aromatic N) is 2. The summed E-state index contributed by atoms with van der Waals surface area (Å²) < 4.78 is 7.31. The highest BCUT2D eigenvalue weighted by Crippen LogP contribution is 2.32. The van der Waals surface area contributed by atoms with E-state index in [-0.39, 0.29) is 11.8 Å². The maximum atomic E-state index is 11.2. The summed E-state index contributed by atoms with van der Waals surface area (Å²) in [7, 11) is 0. The average molecular weight is 237 g/mol. The number of carboxylic acid groups (broad SMARTS) is 1. The summed E-state index contributed by atoms with van der Waals surface area (Å²) >= 11 is 0. The molecule has 2 atom stereocenters. The Morgan fingerprint density at radius 2 is 2.53 bits per heavy atom. The van der Waals surface area contributed by atoms with E-state index >= 15 is 0 Å². The van der Waals surface area contributed by atoms with E-state index in [1.54, 1.807) is 0 Å². The largest absolute Gasteiger partial charge is 0.481 e. The smallest absolute Gasteiger partial charge is 0.308 e. The van der Waals surface area contributed by atoms with Crippen molar-refractivity contribution in [1.82, 2.24) is 14.9 Å². The van der Waals surface area contributed by atoms with Crippen LogP contribution < -0.4 is 10.1 Å². The Kier molecular flexibility index (Phi) is 2.51. The zero-order valence-electron chi connectivity index (χ0n) is 9.43. The van der Waals surface area contributed by atoms with Crippen molar-refractivity contribution in [3.63, 3.8) is 0 Å². The van der Waals surface area contributed by atoms with E-state index in [0.717, 1.165) is 25.2 Å². The molecule has 2 unspecified atom stereocenters. The van der Waals surface area contributed by atoms with Crippen molar-refractivity contribution in [2.24, 2.45) is 5.92 Å². The summed E-state index contributed by atoms with van der Waals surface area (Å²) in [6, 6.07) is 0.627. The van der Waals surface area contributed by atoms with Gasteiger partial charge in [0.1, 0.15) is 6.61 Å². The van der Waals surface area contributed by atoms with Crippen LogP contribution in [0.25, 0.3) is 0 Å². The number of ether oxygens (including phenoxy) is 1. The van der Waals surface area contributed by atoms with E-state index in [2.05, 4.69) is 10.3 Å². The number of carboxylic acids is 1. The number of rotatable bonds is 2. The molecule has 0 aliphatic carbocycles. The average Bonchev–Trinajstić information content (AvgIpc) is 2.88. The van der Waals surface area contributed by atoms with Crippen LogP contribution >= 0.6 is 0 Å². The maximum absolute atomic E-state index is 11.2. The molecule has 17 heavy (non-hydrogen) atoms. The Morgan fingerprint density at radius 3 is 3.29 bits per heavy atom. The predicted octanol–water partition coefficient (Wildman–Crippen LogP) is 0.0532. The van der Waals surface area contributed by atoms with Gasteiger partial charge in [0.25, 0.3) is 6.01 Å². The summed E-state index contributed by atoms with van der Waals surface area (Å²) in [5, 5.41) is 12.3. The predicted molar refractivity (Wildman–Crippen MR) is 59.1 cm³/mol. The van der Waals surface area contributed by atoms with Gasteiger partial charge in [-0.3, -0.25) is 9.36 Å². The highest BCUT2D eigenvalue weighted by Gasteiger charge is 2.34. The Balaban J connectivity index is 1.87. The molecule has 0 amide bonds.